The third-order valence-electron chi connectivity index (χ3n) is 4.59. The molecule has 2 N–H and O–H groups in total. The lowest BCUT2D eigenvalue weighted by atomic mass is 10.00. The van der Waals surface area contributed by atoms with Crippen molar-refractivity contribution in [3.05, 3.63) is 80.3 Å². The first-order valence-corrected chi connectivity index (χ1v) is 9.56. The number of carbonyl (C=O) groups excluding carboxylic acids is 1. The largest absolute Gasteiger partial charge is 0.361 e. The maximum absolute atomic E-state index is 13.9. The summed E-state index contributed by atoms with van der Waals surface area (Å²) in [6, 6.07) is 7.06. The van der Waals surface area contributed by atoms with E-state index in [1.807, 2.05) is 0 Å². The number of halogens is 2. The maximum atomic E-state index is 13.9. The topological polar surface area (TPSA) is 79.3 Å². The molecule has 3 heterocycles. The van der Waals surface area contributed by atoms with E-state index in [1.165, 1.54) is 28.9 Å². The van der Waals surface area contributed by atoms with Crippen molar-refractivity contribution in [1.82, 2.24) is 19.7 Å². The van der Waals surface area contributed by atoms with E-state index in [2.05, 4.69) is 15.3 Å². The standard InChI is InChI=1S/C20H16F2N4O2S/c1-10-18(19(28)23-2)26-17(27)8-12(25-20(26)29-10)6-11-7-14(21)15(22)9-13(11)16-4-3-5-24-16/h3-5,7-9,24H,6H2,1-2H3,(H,23,28). The molecule has 0 saturated heterocycles. The van der Waals surface area contributed by atoms with Crippen LogP contribution in [-0.4, -0.2) is 27.3 Å². The van der Waals surface area contributed by atoms with Gasteiger partial charge in [-0.15, -0.1) is 11.3 Å². The highest BCUT2D eigenvalue weighted by Crippen LogP contribution is 2.27. The van der Waals surface area contributed by atoms with E-state index in [4.69, 9.17) is 0 Å². The number of hydrogen-bond donors (Lipinski definition) is 2. The molecule has 1 amide bonds. The van der Waals surface area contributed by atoms with Gasteiger partial charge in [0.2, 0.25) is 0 Å². The first-order valence-electron chi connectivity index (χ1n) is 8.75. The molecule has 0 aliphatic rings. The summed E-state index contributed by atoms with van der Waals surface area (Å²) in [6.45, 7) is 1.74. The Morgan fingerprint density at radius 3 is 2.72 bits per heavy atom. The summed E-state index contributed by atoms with van der Waals surface area (Å²) >= 11 is 1.22. The molecule has 0 aliphatic heterocycles. The summed E-state index contributed by atoms with van der Waals surface area (Å²) in [5.41, 5.74) is 1.85. The summed E-state index contributed by atoms with van der Waals surface area (Å²) in [4.78, 5) is 33.3. The van der Waals surface area contributed by atoms with Gasteiger partial charge in [0.25, 0.3) is 11.5 Å². The van der Waals surface area contributed by atoms with Crippen LogP contribution in [0.3, 0.4) is 0 Å². The minimum Gasteiger partial charge on any atom is -0.361 e. The van der Waals surface area contributed by atoms with Gasteiger partial charge in [0.1, 0.15) is 5.69 Å². The first kappa shape index (κ1) is 19.0. The molecule has 0 bridgehead atoms. The second kappa shape index (κ2) is 7.25. The minimum absolute atomic E-state index is 0.129. The number of aryl methyl sites for hydroxylation is 1. The van der Waals surface area contributed by atoms with Crippen LogP contribution in [0.25, 0.3) is 16.2 Å². The fourth-order valence-corrected chi connectivity index (χ4v) is 4.26. The van der Waals surface area contributed by atoms with E-state index in [1.54, 1.807) is 25.3 Å². The lowest BCUT2D eigenvalue weighted by Crippen LogP contribution is -2.25. The van der Waals surface area contributed by atoms with Gasteiger partial charge >= 0.3 is 0 Å². The van der Waals surface area contributed by atoms with Gasteiger partial charge < -0.3 is 10.3 Å². The second-order valence-electron chi connectivity index (χ2n) is 6.47. The molecule has 0 fully saturated rings. The highest BCUT2D eigenvalue weighted by molar-refractivity contribution is 7.17. The Morgan fingerprint density at radius 2 is 2.03 bits per heavy atom. The highest BCUT2D eigenvalue weighted by Gasteiger charge is 2.19. The molecule has 4 rings (SSSR count). The fraction of sp³-hybridized carbons (Fsp3) is 0.150. The van der Waals surface area contributed by atoms with Gasteiger partial charge in [0, 0.05) is 41.9 Å². The number of fused-ring (bicyclic) bond motifs is 1. The zero-order valence-electron chi connectivity index (χ0n) is 15.5. The molecule has 9 heteroatoms. The third kappa shape index (κ3) is 3.33. The Balaban J connectivity index is 1.83. The first-order chi connectivity index (χ1) is 13.9. The van der Waals surface area contributed by atoms with Crippen molar-refractivity contribution in [3.8, 4) is 11.3 Å². The van der Waals surface area contributed by atoms with Gasteiger partial charge in [0.05, 0.1) is 5.69 Å². The molecule has 6 nitrogen and oxygen atoms in total. The summed E-state index contributed by atoms with van der Waals surface area (Å²) in [5.74, 6) is -2.30. The SMILES string of the molecule is CNC(=O)c1c(C)sc2nc(Cc3cc(F)c(F)cc3-c3ccc[nH]3)cc(=O)n12. The monoisotopic (exact) mass is 414 g/mol. The number of hydrogen-bond acceptors (Lipinski definition) is 4. The molecular weight excluding hydrogens is 398 g/mol. The molecule has 29 heavy (non-hydrogen) atoms. The van der Waals surface area contributed by atoms with Gasteiger partial charge in [-0.3, -0.25) is 9.59 Å². The van der Waals surface area contributed by atoms with Crippen molar-refractivity contribution in [3.63, 3.8) is 0 Å². The molecule has 0 atom stereocenters. The molecule has 1 aromatic carbocycles. The van der Waals surface area contributed by atoms with Gasteiger partial charge in [-0.25, -0.2) is 18.2 Å². The van der Waals surface area contributed by atoms with Crippen LogP contribution >= 0.6 is 11.3 Å². The van der Waals surface area contributed by atoms with Crippen LogP contribution in [0.4, 0.5) is 8.78 Å². The number of H-pyrrole nitrogens is 1. The number of nitrogens with zero attached hydrogens (tertiary/aromatic N) is 2. The summed E-state index contributed by atoms with van der Waals surface area (Å²) in [6.07, 6.45) is 1.81. The maximum Gasteiger partial charge on any atom is 0.269 e. The van der Waals surface area contributed by atoms with E-state index in [0.29, 0.717) is 32.4 Å². The number of benzene rings is 1. The molecule has 0 saturated carbocycles. The van der Waals surface area contributed by atoms with Gasteiger partial charge in [-0.1, -0.05) is 0 Å². The van der Waals surface area contributed by atoms with Crippen LogP contribution in [0.2, 0.25) is 0 Å². The van der Waals surface area contributed by atoms with E-state index in [0.717, 1.165) is 12.1 Å². The van der Waals surface area contributed by atoms with Crippen LogP contribution in [0.5, 0.6) is 0 Å². The number of carbonyl (C=O) groups is 1. The highest BCUT2D eigenvalue weighted by atomic mass is 32.1. The molecule has 0 aliphatic carbocycles. The normalized spacial score (nSPS) is 11.2. The predicted octanol–water partition coefficient (Wildman–Crippen LogP) is 3.29. The van der Waals surface area contributed by atoms with Crippen molar-refractivity contribution in [2.45, 2.75) is 13.3 Å². The van der Waals surface area contributed by atoms with E-state index in [9.17, 15) is 18.4 Å². The van der Waals surface area contributed by atoms with Crippen molar-refractivity contribution in [2.24, 2.45) is 0 Å². The Labute approximate surface area is 167 Å². The summed E-state index contributed by atoms with van der Waals surface area (Å²) < 4.78 is 29.0. The molecule has 0 unspecified atom stereocenters. The van der Waals surface area contributed by atoms with Crippen molar-refractivity contribution < 1.29 is 13.6 Å². The van der Waals surface area contributed by atoms with Crippen LogP contribution in [0, 0.1) is 18.6 Å². The van der Waals surface area contributed by atoms with Crippen molar-refractivity contribution >= 4 is 22.2 Å². The third-order valence-corrected chi connectivity index (χ3v) is 5.55. The van der Waals surface area contributed by atoms with Crippen LogP contribution in [0.1, 0.15) is 26.6 Å². The Hall–Kier alpha value is -3.33. The average Bonchev–Trinajstić information content (AvgIpc) is 3.31. The smallest absolute Gasteiger partial charge is 0.269 e. The molecule has 0 radical (unpaired) electrons. The van der Waals surface area contributed by atoms with E-state index < -0.39 is 17.2 Å². The molecule has 3 aromatic heterocycles. The second-order valence-corrected chi connectivity index (χ2v) is 7.66. The predicted molar refractivity (Wildman–Crippen MR) is 106 cm³/mol. The van der Waals surface area contributed by atoms with Crippen molar-refractivity contribution in [2.75, 3.05) is 7.05 Å². The number of aromatic nitrogens is 3. The zero-order chi connectivity index (χ0) is 20.7. The van der Waals surface area contributed by atoms with E-state index >= 15 is 0 Å². The van der Waals surface area contributed by atoms with Crippen LogP contribution in [-0.2, 0) is 6.42 Å². The molecule has 0 spiro atoms. The van der Waals surface area contributed by atoms with Crippen molar-refractivity contribution in [1.29, 1.82) is 0 Å². The number of amides is 1. The van der Waals surface area contributed by atoms with Crippen LogP contribution in [0.15, 0.2) is 41.3 Å². The number of aromatic amines is 1. The van der Waals surface area contributed by atoms with Gasteiger partial charge in [-0.05, 0) is 36.8 Å². The Bertz CT molecular complexity index is 1290. The average molecular weight is 414 g/mol. The minimum atomic E-state index is -0.970. The van der Waals surface area contributed by atoms with Gasteiger partial charge in [0.15, 0.2) is 16.6 Å². The molecule has 4 aromatic rings. The summed E-state index contributed by atoms with van der Waals surface area (Å²) in [5, 5.41) is 2.52. The number of nitrogens with one attached hydrogen (secondary N) is 2. The summed E-state index contributed by atoms with van der Waals surface area (Å²) in [7, 11) is 1.49. The Kier molecular flexibility index (Phi) is 4.75. The van der Waals surface area contributed by atoms with Gasteiger partial charge in [-0.2, -0.15) is 0 Å². The lowest BCUT2D eigenvalue weighted by molar-refractivity contribution is 0.0956. The quantitative estimate of drug-likeness (QED) is 0.538. The molecule has 148 valence electrons. The van der Waals surface area contributed by atoms with Crippen LogP contribution < -0.4 is 10.9 Å². The Morgan fingerprint density at radius 1 is 1.28 bits per heavy atom. The molecular formula is C20H16F2N4O2S. The number of thiazole rings is 1. The number of rotatable bonds is 4. The lowest BCUT2D eigenvalue weighted by Gasteiger charge is -2.10. The fourth-order valence-electron chi connectivity index (χ4n) is 3.27. The zero-order valence-corrected chi connectivity index (χ0v) is 16.4. The van der Waals surface area contributed by atoms with E-state index in [-0.39, 0.29) is 18.0 Å².